The predicted octanol–water partition coefficient (Wildman–Crippen LogP) is 4.28. The maximum absolute atomic E-state index is 14.6. The van der Waals surface area contributed by atoms with Crippen LogP contribution >= 0.6 is 15.9 Å². The smallest absolute Gasteiger partial charge is 0.224 e. The third kappa shape index (κ3) is 4.85. The van der Waals surface area contributed by atoms with Crippen LogP contribution in [-0.4, -0.2) is 44.7 Å². The Kier molecular flexibility index (Phi) is 6.64. The summed E-state index contributed by atoms with van der Waals surface area (Å²) in [5, 5.41) is 6.56. The average Bonchev–Trinajstić information content (AvgIpc) is 3.19. The second kappa shape index (κ2) is 9.83. The molecule has 5 rings (SSSR count). The fourth-order valence-corrected chi connectivity index (χ4v) is 5.08. The standard InChI is InChI=1S/C23H27BrFN7O2/c24-14-3-6-18(17(25)11-14)29-23-30-19-12-27-22(28-15-7-9-34-10-8-15)31-21(19)32(23)16-4-1-13(2-5-16)20(26)33/h3,6,11-13,15-16H,1-2,4-5,7-10H2,(H2,26,33)(H,29,30)(H,27,28,31)/t13-,16+. The van der Waals surface area contributed by atoms with Crippen molar-refractivity contribution in [3.8, 4) is 0 Å². The zero-order valence-electron chi connectivity index (χ0n) is 18.6. The Morgan fingerprint density at radius 2 is 1.91 bits per heavy atom. The van der Waals surface area contributed by atoms with E-state index in [1.165, 1.54) is 6.07 Å². The first-order chi connectivity index (χ1) is 16.5. The fourth-order valence-electron chi connectivity index (χ4n) is 4.75. The highest BCUT2D eigenvalue weighted by Crippen LogP contribution is 2.37. The molecule has 3 heterocycles. The first kappa shape index (κ1) is 23.0. The molecule has 11 heteroatoms. The molecule has 180 valence electrons. The summed E-state index contributed by atoms with van der Waals surface area (Å²) in [5.41, 5.74) is 7.15. The van der Waals surface area contributed by atoms with Gasteiger partial charge in [-0.05, 0) is 56.7 Å². The van der Waals surface area contributed by atoms with Crippen LogP contribution in [0.4, 0.5) is 22.0 Å². The second-order valence-corrected chi connectivity index (χ2v) is 9.81. The van der Waals surface area contributed by atoms with Crippen LogP contribution in [0.15, 0.2) is 28.9 Å². The highest BCUT2D eigenvalue weighted by molar-refractivity contribution is 9.10. The lowest BCUT2D eigenvalue weighted by Gasteiger charge is -2.29. The third-order valence-electron chi connectivity index (χ3n) is 6.63. The number of hydrogen-bond acceptors (Lipinski definition) is 7. The van der Waals surface area contributed by atoms with Gasteiger partial charge in [0.1, 0.15) is 11.3 Å². The Balaban J connectivity index is 1.50. The first-order valence-electron chi connectivity index (χ1n) is 11.6. The minimum atomic E-state index is -0.390. The minimum absolute atomic E-state index is 0.0486. The highest BCUT2D eigenvalue weighted by Gasteiger charge is 2.29. The summed E-state index contributed by atoms with van der Waals surface area (Å²) < 4.78 is 22.7. The number of anilines is 3. The molecule has 2 fully saturated rings. The number of aromatic nitrogens is 4. The number of nitrogens with one attached hydrogen (secondary N) is 2. The van der Waals surface area contributed by atoms with Crippen LogP contribution in [0.1, 0.15) is 44.6 Å². The monoisotopic (exact) mass is 531 g/mol. The molecule has 0 spiro atoms. The summed E-state index contributed by atoms with van der Waals surface area (Å²) in [6.07, 6.45) is 6.39. The van der Waals surface area contributed by atoms with Crippen molar-refractivity contribution in [1.29, 1.82) is 0 Å². The van der Waals surface area contributed by atoms with Crippen LogP contribution in [-0.2, 0) is 9.53 Å². The molecule has 0 bridgehead atoms. The van der Waals surface area contributed by atoms with E-state index in [2.05, 4.69) is 31.5 Å². The van der Waals surface area contributed by atoms with E-state index in [4.69, 9.17) is 20.4 Å². The topological polar surface area (TPSA) is 120 Å². The Morgan fingerprint density at radius 1 is 1.15 bits per heavy atom. The number of benzene rings is 1. The molecular formula is C23H27BrFN7O2. The average molecular weight is 532 g/mol. The van der Waals surface area contributed by atoms with E-state index in [-0.39, 0.29) is 23.9 Å². The number of ether oxygens (including phenoxy) is 1. The molecule has 0 unspecified atom stereocenters. The van der Waals surface area contributed by atoms with Crippen molar-refractivity contribution < 1.29 is 13.9 Å². The molecular weight excluding hydrogens is 505 g/mol. The van der Waals surface area contributed by atoms with Crippen LogP contribution < -0.4 is 16.4 Å². The van der Waals surface area contributed by atoms with Crippen LogP contribution in [0, 0.1) is 11.7 Å². The lowest BCUT2D eigenvalue weighted by Crippen LogP contribution is -2.29. The fraction of sp³-hybridized carbons (Fsp3) is 0.478. The van der Waals surface area contributed by atoms with Gasteiger partial charge in [0.25, 0.3) is 0 Å². The lowest BCUT2D eigenvalue weighted by molar-refractivity contribution is -0.122. The van der Waals surface area contributed by atoms with Crippen LogP contribution in [0.25, 0.3) is 11.2 Å². The van der Waals surface area contributed by atoms with Crippen LogP contribution in [0.3, 0.4) is 0 Å². The van der Waals surface area contributed by atoms with Gasteiger partial charge in [0.05, 0.1) is 11.9 Å². The van der Waals surface area contributed by atoms with Gasteiger partial charge in [-0.3, -0.25) is 9.36 Å². The summed E-state index contributed by atoms with van der Waals surface area (Å²) in [6, 6.07) is 5.14. The summed E-state index contributed by atoms with van der Waals surface area (Å²) in [6.45, 7) is 1.43. The highest BCUT2D eigenvalue weighted by atomic mass is 79.9. The number of carbonyl (C=O) groups is 1. The van der Waals surface area contributed by atoms with Crippen molar-refractivity contribution in [2.45, 2.75) is 50.6 Å². The molecule has 3 aromatic rings. The molecule has 4 N–H and O–H groups in total. The van der Waals surface area contributed by atoms with E-state index in [9.17, 15) is 9.18 Å². The molecule has 0 atom stereocenters. The predicted molar refractivity (Wildman–Crippen MR) is 130 cm³/mol. The number of hydrogen-bond donors (Lipinski definition) is 3. The Morgan fingerprint density at radius 3 is 2.62 bits per heavy atom. The molecule has 9 nitrogen and oxygen atoms in total. The number of fused-ring (bicyclic) bond motifs is 1. The van der Waals surface area contributed by atoms with E-state index < -0.39 is 5.82 Å². The van der Waals surface area contributed by atoms with Gasteiger partial charge in [-0.15, -0.1) is 0 Å². The summed E-state index contributed by atoms with van der Waals surface area (Å²) in [5.74, 6) is 0.267. The number of rotatable bonds is 6. The number of nitrogens with zero attached hydrogens (tertiary/aromatic N) is 4. The quantitative estimate of drug-likeness (QED) is 0.434. The van der Waals surface area contributed by atoms with Crippen LogP contribution in [0.5, 0.6) is 0 Å². The second-order valence-electron chi connectivity index (χ2n) is 8.90. The largest absolute Gasteiger partial charge is 0.381 e. The molecule has 2 aromatic heterocycles. The number of halogens is 2. The van der Waals surface area contributed by atoms with Crippen molar-refractivity contribution in [2.24, 2.45) is 11.7 Å². The molecule has 1 aliphatic heterocycles. The van der Waals surface area contributed by atoms with Gasteiger partial charge in [-0.2, -0.15) is 4.98 Å². The molecule has 1 saturated heterocycles. The lowest BCUT2D eigenvalue weighted by atomic mass is 9.85. The van der Waals surface area contributed by atoms with E-state index >= 15 is 0 Å². The summed E-state index contributed by atoms with van der Waals surface area (Å²) >= 11 is 3.29. The van der Waals surface area contributed by atoms with E-state index in [0.717, 1.165) is 25.7 Å². The number of amides is 1. The molecule has 34 heavy (non-hydrogen) atoms. The molecule has 1 aliphatic carbocycles. The van der Waals surface area contributed by atoms with Crippen molar-refractivity contribution in [3.63, 3.8) is 0 Å². The van der Waals surface area contributed by atoms with Gasteiger partial charge in [0.2, 0.25) is 17.8 Å². The van der Waals surface area contributed by atoms with Gasteiger partial charge in [-0.25, -0.2) is 14.4 Å². The summed E-state index contributed by atoms with van der Waals surface area (Å²) in [7, 11) is 0. The number of primary amides is 1. The Labute approximate surface area is 204 Å². The van der Waals surface area contributed by atoms with Crippen molar-refractivity contribution in [1.82, 2.24) is 19.5 Å². The molecule has 1 amide bonds. The van der Waals surface area contributed by atoms with Gasteiger partial charge in [0.15, 0.2) is 5.65 Å². The normalized spacial score (nSPS) is 21.5. The number of carbonyl (C=O) groups excluding carboxylic acids is 1. The van der Waals surface area contributed by atoms with Crippen molar-refractivity contribution >= 4 is 50.6 Å². The van der Waals surface area contributed by atoms with Gasteiger partial charge >= 0.3 is 0 Å². The summed E-state index contributed by atoms with van der Waals surface area (Å²) in [4.78, 5) is 25.6. The molecule has 1 aromatic carbocycles. The zero-order chi connectivity index (χ0) is 23.7. The maximum Gasteiger partial charge on any atom is 0.224 e. The SMILES string of the molecule is NC(=O)[C@H]1CC[C@@H](n2c(Nc3ccc(Br)cc3F)nc3cnc(NC4CCOCC4)nc32)CC1. The first-order valence-corrected chi connectivity index (χ1v) is 12.4. The molecule has 1 saturated carbocycles. The minimum Gasteiger partial charge on any atom is -0.381 e. The molecule has 0 radical (unpaired) electrons. The van der Waals surface area contributed by atoms with E-state index in [0.29, 0.717) is 59.3 Å². The third-order valence-corrected chi connectivity index (χ3v) is 7.12. The maximum atomic E-state index is 14.6. The zero-order valence-corrected chi connectivity index (χ0v) is 20.2. The Hall–Kier alpha value is -2.79. The van der Waals surface area contributed by atoms with Gasteiger partial charge in [-0.1, -0.05) is 15.9 Å². The van der Waals surface area contributed by atoms with Crippen molar-refractivity contribution in [2.75, 3.05) is 23.8 Å². The van der Waals surface area contributed by atoms with Gasteiger partial charge < -0.3 is 21.1 Å². The van der Waals surface area contributed by atoms with Gasteiger partial charge in [0, 0.05) is 35.7 Å². The number of nitrogens with two attached hydrogens (primary N) is 1. The number of imidazole rings is 1. The van der Waals surface area contributed by atoms with Crippen molar-refractivity contribution in [3.05, 3.63) is 34.7 Å². The van der Waals surface area contributed by atoms with E-state index in [1.807, 2.05) is 4.57 Å². The van der Waals surface area contributed by atoms with Crippen LogP contribution in [0.2, 0.25) is 0 Å². The van der Waals surface area contributed by atoms with E-state index in [1.54, 1.807) is 18.3 Å². The Bertz CT molecular complexity index is 1190. The molecule has 2 aliphatic rings.